The van der Waals surface area contributed by atoms with Crippen LogP contribution in [-0.4, -0.2) is 6.29 Å². The minimum absolute atomic E-state index is 0.0413. The third-order valence-electron chi connectivity index (χ3n) is 1.33. The first-order chi connectivity index (χ1) is 5.25. The number of carbonyl (C=O) groups is 1. The van der Waals surface area contributed by atoms with E-state index in [1.807, 2.05) is 0 Å². The van der Waals surface area contributed by atoms with E-state index in [1.165, 1.54) is 12.1 Å². The Labute approximate surface area is 68.8 Å². The molecule has 0 spiro atoms. The molecule has 0 aliphatic heterocycles. The molecule has 1 aromatic carbocycles. The lowest BCUT2D eigenvalue weighted by molar-refractivity contribution is -0.107. The molecule has 1 nitrogen and oxygen atoms in total. The topological polar surface area (TPSA) is 17.1 Å². The minimum atomic E-state index is -0.481. The van der Waals surface area contributed by atoms with Crippen LogP contribution in [-0.2, 0) is 11.2 Å². The van der Waals surface area contributed by atoms with Crippen LogP contribution in [0.25, 0.3) is 0 Å². The summed E-state index contributed by atoms with van der Waals surface area (Å²) in [6.07, 6.45) is 0.858. The van der Waals surface area contributed by atoms with Crippen LogP contribution in [0.4, 0.5) is 4.39 Å². The third-order valence-corrected chi connectivity index (χ3v) is 1.76. The molecule has 0 aliphatic carbocycles. The van der Waals surface area contributed by atoms with Crippen molar-refractivity contribution in [3.05, 3.63) is 34.6 Å². The molecule has 1 rings (SSSR count). The monoisotopic (exact) mass is 172 g/mol. The quantitative estimate of drug-likeness (QED) is 0.626. The molecule has 0 heterocycles. The Bertz CT molecular complexity index is 273. The van der Waals surface area contributed by atoms with Gasteiger partial charge in [-0.3, -0.25) is 0 Å². The Morgan fingerprint density at radius 1 is 1.55 bits per heavy atom. The largest absolute Gasteiger partial charge is 0.303 e. The summed E-state index contributed by atoms with van der Waals surface area (Å²) in [6.45, 7) is 0. The smallest absolute Gasteiger partial charge is 0.142 e. The van der Waals surface area contributed by atoms with Gasteiger partial charge in [0.15, 0.2) is 0 Å². The van der Waals surface area contributed by atoms with Crippen molar-refractivity contribution in [2.24, 2.45) is 0 Å². The Kier molecular flexibility index (Phi) is 2.60. The molecule has 0 atom stereocenters. The normalized spacial score (nSPS) is 9.64. The van der Waals surface area contributed by atoms with E-state index in [0.717, 1.165) is 0 Å². The van der Waals surface area contributed by atoms with Gasteiger partial charge >= 0.3 is 0 Å². The molecule has 11 heavy (non-hydrogen) atoms. The second kappa shape index (κ2) is 3.49. The van der Waals surface area contributed by atoms with Crippen LogP contribution in [0.5, 0.6) is 0 Å². The van der Waals surface area contributed by atoms with Gasteiger partial charge in [0.25, 0.3) is 0 Å². The highest BCUT2D eigenvalue weighted by atomic mass is 35.5. The number of rotatable bonds is 2. The van der Waals surface area contributed by atoms with Gasteiger partial charge in [0, 0.05) is 6.42 Å². The van der Waals surface area contributed by atoms with Crippen LogP contribution < -0.4 is 0 Å². The van der Waals surface area contributed by atoms with E-state index in [2.05, 4.69) is 0 Å². The summed E-state index contributed by atoms with van der Waals surface area (Å²) in [5.74, 6) is -0.481. The molecule has 58 valence electrons. The van der Waals surface area contributed by atoms with Gasteiger partial charge in [-0.05, 0) is 11.6 Å². The molecule has 0 fully saturated rings. The summed E-state index contributed by atoms with van der Waals surface area (Å²) in [7, 11) is 0. The molecule has 0 aliphatic rings. The van der Waals surface area contributed by atoms with Crippen molar-refractivity contribution in [3.8, 4) is 0 Å². The second-order valence-electron chi connectivity index (χ2n) is 2.08. The molecule has 0 unspecified atom stereocenters. The Balaban J connectivity index is 3.05. The lowest BCUT2D eigenvalue weighted by Gasteiger charge is -1.98. The highest BCUT2D eigenvalue weighted by molar-refractivity contribution is 6.31. The van der Waals surface area contributed by atoms with E-state index in [-0.39, 0.29) is 11.4 Å². The molecule has 0 aromatic heterocycles. The first kappa shape index (κ1) is 8.21. The van der Waals surface area contributed by atoms with Gasteiger partial charge in [-0.2, -0.15) is 0 Å². The van der Waals surface area contributed by atoms with Crippen molar-refractivity contribution in [3.63, 3.8) is 0 Å². The molecule has 1 aromatic rings. The fraction of sp³-hybridized carbons (Fsp3) is 0.125. The lowest BCUT2D eigenvalue weighted by atomic mass is 10.2. The maximum atomic E-state index is 12.7. The van der Waals surface area contributed by atoms with Gasteiger partial charge in [0.05, 0.1) is 5.02 Å². The highest BCUT2D eigenvalue weighted by Crippen LogP contribution is 2.19. The van der Waals surface area contributed by atoms with Crippen molar-refractivity contribution < 1.29 is 9.18 Å². The van der Waals surface area contributed by atoms with Crippen LogP contribution in [0.1, 0.15) is 5.56 Å². The van der Waals surface area contributed by atoms with Gasteiger partial charge < -0.3 is 4.79 Å². The molecule has 0 N–H and O–H groups in total. The standard InChI is InChI=1S/C8H6ClFO/c9-8-6(4-5-11)2-1-3-7(8)10/h1-3,5H,4H2. The second-order valence-corrected chi connectivity index (χ2v) is 2.46. The zero-order valence-corrected chi connectivity index (χ0v) is 6.44. The van der Waals surface area contributed by atoms with Gasteiger partial charge in [-0.15, -0.1) is 0 Å². The molecular formula is C8H6ClFO. The molecule has 0 saturated carbocycles. The molecule has 0 amide bonds. The van der Waals surface area contributed by atoms with Crippen molar-refractivity contribution in [1.82, 2.24) is 0 Å². The number of hydrogen-bond donors (Lipinski definition) is 0. The third kappa shape index (κ3) is 1.77. The summed E-state index contributed by atoms with van der Waals surface area (Å²) in [6, 6.07) is 4.41. The van der Waals surface area contributed by atoms with Crippen molar-refractivity contribution >= 4 is 17.9 Å². The SMILES string of the molecule is O=CCc1cccc(F)c1Cl. The maximum absolute atomic E-state index is 12.7. The molecule has 0 saturated heterocycles. The van der Waals surface area contributed by atoms with E-state index in [0.29, 0.717) is 11.8 Å². The van der Waals surface area contributed by atoms with Crippen molar-refractivity contribution in [2.45, 2.75) is 6.42 Å². The summed E-state index contributed by atoms with van der Waals surface area (Å²) in [5.41, 5.74) is 0.529. The van der Waals surface area contributed by atoms with E-state index in [9.17, 15) is 9.18 Å². The summed E-state index contributed by atoms with van der Waals surface area (Å²) < 4.78 is 12.7. The number of aldehydes is 1. The molecular weight excluding hydrogens is 167 g/mol. The number of hydrogen-bond acceptors (Lipinski definition) is 1. The van der Waals surface area contributed by atoms with Crippen LogP contribution in [0.15, 0.2) is 18.2 Å². The van der Waals surface area contributed by atoms with Crippen LogP contribution in [0, 0.1) is 5.82 Å². The van der Waals surface area contributed by atoms with E-state index < -0.39 is 5.82 Å². The van der Waals surface area contributed by atoms with Gasteiger partial charge in [0.1, 0.15) is 12.1 Å². The van der Waals surface area contributed by atoms with Crippen molar-refractivity contribution in [2.75, 3.05) is 0 Å². The molecule has 0 radical (unpaired) electrons. The number of carbonyl (C=O) groups excluding carboxylic acids is 1. The Morgan fingerprint density at radius 3 is 2.91 bits per heavy atom. The summed E-state index contributed by atoms with van der Waals surface area (Å²) >= 11 is 5.54. The Hall–Kier alpha value is -0.890. The zero-order valence-electron chi connectivity index (χ0n) is 5.68. The lowest BCUT2D eigenvalue weighted by Crippen LogP contribution is -1.89. The first-order valence-corrected chi connectivity index (χ1v) is 3.50. The maximum Gasteiger partial charge on any atom is 0.142 e. The van der Waals surface area contributed by atoms with Gasteiger partial charge in [-0.25, -0.2) is 4.39 Å². The molecule has 0 bridgehead atoms. The predicted molar refractivity (Wildman–Crippen MR) is 41.2 cm³/mol. The fourth-order valence-corrected chi connectivity index (χ4v) is 0.999. The van der Waals surface area contributed by atoms with E-state index in [1.54, 1.807) is 6.07 Å². The van der Waals surface area contributed by atoms with Crippen LogP contribution in [0.2, 0.25) is 5.02 Å². The van der Waals surface area contributed by atoms with Crippen LogP contribution >= 0.6 is 11.6 Å². The van der Waals surface area contributed by atoms with Crippen LogP contribution in [0.3, 0.4) is 0 Å². The summed E-state index contributed by atoms with van der Waals surface area (Å²) in [5, 5.41) is 0.0413. The highest BCUT2D eigenvalue weighted by Gasteiger charge is 2.03. The zero-order chi connectivity index (χ0) is 8.27. The molecule has 3 heteroatoms. The number of halogens is 2. The van der Waals surface area contributed by atoms with E-state index >= 15 is 0 Å². The predicted octanol–water partition coefficient (Wildman–Crippen LogP) is 2.22. The minimum Gasteiger partial charge on any atom is -0.303 e. The van der Waals surface area contributed by atoms with E-state index in [4.69, 9.17) is 11.6 Å². The van der Waals surface area contributed by atoms with Crippen molar-refractivity contribution in [1.29, 1.82) is 0 Å². The fourth-order valence-electron chi connectivity index (χ4n) is 0.796. The van der Waals surface area contributed by atoms with Gasteiger partial charge in [-0.1, -0.05) is 23.7 Å². The Morgan fingerprint density at radius 2 is 2.27 bits per heavy atom. The van der Waals surface area contributed by atoms with Gasteiger partial charge in [0.2, 0.25) is 0 Å². The average Bonchev–Trinajstić information content (AvgIpc) is 1.99. The average molecular weight is 173 g/mol. The summed E-state index contributed by atoms with van der Waals surface area (Å²) in [4.78, 5) is 10.1. The first-order valence-electron chi connectivity index (χ1n) is 3.12. The number of benzene rings is 1.